The molecule has 3 heterocycles. The van der Waals surface area contributed by atoms with E-state index in [4.69, 9.17) is 4.74 Å². The summed E-state index contributed by atoms with van der Waals surface area (Å²) in [5, 5.41) is 10.6. The Kier molecular flexibility index (Phi) is 3.79. The number of amides is 1. The van der Waals surface area contributed by atoms with E-state index in [1.165, 1.54) is 0 Å². The van der Waals surface area contributed by atoms with Gasteiger partial charge in [0, 0.05) is 25.4 Å². The second-order valence-electron chi connectivity index (χ2n) is 5.23. The lowest BCUT2D eigenvalue weighted by molar-refractivity contribution is -0.123. The van der Waals surface area contributed by atoms with Gasteiger partial charge < -0.3 is 15.4 Å². The lowest BCUT2D eigenvalue weighted by Crippen LogP contribution is -2.30. The molecule has 2 aliphatic heterocycles. The monoisotopic (exact) mass is 264 g/mol. The molecule has 0 radical (unpaired) electrons. The molecular formula is C13H20N4O2. The fourth-order valence-electron chi connectivity index (χ4n) is 2.65. The first-order chi connectivity index (χ1) is 9.33. The van der Waals surface area contributed by atoms with Crippen molar-refractivity contribution in [3.63, 3.8) is 0 Å². The summed E-state index contributed by atoms with van der Waals surface area (Å²) >= 11 is 0. The Balaban J connectivity index is 1.58. The quantitative estimate of drug-likeness (QED) is 0.846. The van der Waals surface area contributed by atoms with Crippen molar-refractivity contribution >= 4 is 11.7 Å². The van der Waals surface area contributed by atoms with Crippen LogP contribution in [0, 0.1) is 5.92 Å². The van der Waals surface area contributed by atoms with Crippen molar-refractivity contribution in [2.75, 3.05) is 31.6 Å². The number of nitrogens with zero attached hydrogens (tertiary/aromatic N) is 2. The van der Waals surface area contributed by atoms with Crippen LogP contribution < -0.4 is 10.6 Å². The Labute approximate surface area is 112 Å². The fourth-order valence-corrected chi connectivity index (χ4v) is 2.65. The van der Waals surface area contributed by atoms with Crippen LogP contribution in [0.1, 0.15) is 25.3 Å². The molecule has 6 nitrogen and oxygen atoms in total. The third-order valence-corrected chi connectivity index (χ3v) is 3.80. The van der Waals surface area contributed by atoms with Gasteiger partial charge in [-0.1, -0.05) is 0 Å². The van der Waals surface area contributed by atoms with Crippen molar-refractivity contribution in [3.05, 3.63) is 12.3 Å². The van der Waals surface area contributed by atoms with Crippen LogP contribution in [-0.4, -0.2) is 42.0 Å². The molecule has 2 saturated heterocycles. The minimum Gasteiger partial charge on any atom is -0.381 e. The maximum absolute atomic E-state index is 12.0. The van der Waals surface area contributed by atoms with Gasteiger partial charge in [-0.05, 0) is 25.8 Å². The summed E-state index contributed by atoms with van der Waals surface area (Å²) < 4.78 is 7.27. The first-order valence-corrected chi connectivity index (χ1v) is 6.97. The van der Waals surface area contributed by atoms with Gasteiger partial charge in [-0.3, -0.25) is 9.48 Å². The second kappa shape index (κ2) is 5.71. The van der Waals surface area contributed by atoms with Crippen LogP contribution in [0.4, 0.5) is 5.82 Å². The summed E-state index contributed by atoms with van der Waals surface area (Å²) in [5.41, 5.74) is 0. The highest BCUT2D eigenvalue weighted by atomic mass is 16.5. The Bertz CT molecular complexity index is 434. The van der Waals surface area contributed by atoms with Gasteiger partial charge in [0.05, 0.1) is 18.6 Å². The summed E-state index contributed by atoms with van der Waals surface area (Å²) in [6, 6.07) is 2.27. The molecule has 0 bridgehead atoms. The molecule has 104 valence electrons. The molecule has 2 N–H and O–H groups in total. The Morgan fingerprint density at radius 2 is 2.47 bits per heavy atom. The van der Waals surface area contributed by atoms with E-state index in [-0.39, 0.29) is 11.8 Å². The van der Waals surface area contributed by atoms with E-state index in [1.54, 1.807) is 0 Å². The number of rotatable bonds is 3. The third-order valence-electron chi connectivity index (χ3n) is 3.80. The van der Waals surface area contributed by atoms with Gasteiger partial charge in [0.2, 0.25) is 5.91 Å². The molecule has 0 unspecified atom stereocenters. The fraction of sp³-hybridized carbons (Fsp3) is 0.692. The average Bonchev–Trinajstić information content (AvgIpc) is 3.10. The lowest BCUT2D eigenvalue weighted by Gasteiger charge is -2.20. The van der Waals surface area contributed by atoms with Crippen LogP contribution in [0.3, 0.4) is 0 Å². The van der Waals surface area contributed by atoms with Crippen LogP contribution in [-0.2, 0) is 9.53 Å². The van der Waals surface area contributed by atoms with Gasteiger partial charge in [-0.25, -0.2) is 0 Å². The first kappa shape index (κ1) is 12.6. The van der Waals surface area contributed by atoms with Gasteiger partial charge in [0.15, 0.2) is 5.82 Å². The van der Waals surface area contributed by atoms with Gasteiger partial charge >= 0.3 is 0 Å². The minimum atomic E-state index is -0.0351. The smallest absolute Gasteiger partial charge is 0.231 e. The zero-order valence-corrected chi connectivity index (χ0v) is 11.0. The molecule has 0 saturated carbocycles. The van der Waals surface area contributed by atoms with Crippen LogP contribution in [0.25, 0.3) is 0 Å². The van der Waals surface area contributed by atoms with E-state index < -0.39 is 0 Å². The number of anilines is 1. The Morgan fingerprint density at radius 3 is 3.21 bits per heavy atom. The van der Waals surface area contributed by atoms with Crippen molar-refractivity contribution in [3.8, 4) is 0 Å². The van der Waals surface area contributed by atoms with E-state index in [0.717, 1.165) is 39.0 Å². The van der Waals surface area contributed by atoms with Crippen LogP contribution in [0.5, 0.6) is 0 Å². The van der Waals surface area contributed by atoms with Gasteiger partial charge in [-0.15, -0.1) is 0 Å². The lowest BCUT2D eigenvalue weighted by atomic mass is 10.0. The maximum atomic E-state index is 12.0. The molecule has 1 amide bonds. The average molecular weight is 264 g/mol. The molecule has 2 aliphatic rings. The molecule has 1 aromatic heterocycles. The van der Waals surface area contributed by atoms with Gasteiger partial charge in [0.1, 0.15) is 0 Å². The zero-order chi connectivity index (χ0) is 13.1. The highest BCUT2D eigenvalue weighted by molar-refractivity contribution is 5.91. The molecule has 0 spiro atoms. The van der Waals surface area contributed by atoms with Crippen LogP contribution >= 0.6 is 0 Å². The van der Waals surface area contributed by atoms with Crippen molar-refractivity contribution < 1.29 is 9.53 Å². The highest BCUT2D eigenvalue weighted by Crippen LogP contribution is 2.18. The first-order valence-electron chi connectivity index (χ1n) is 6.97. The van der Waals surface area contributed by atoms with E-state index in [1.807, 2.05) is 16.9 Å². The molecule has 3 rings (SSSR count). The molecule has 0 aliphatic carbocycles. The molecule has 2 atom stereocenters. The molecule has 2 fully saturated rings. The summed E-state index contributed by atoms with van der Waals surface area (Å²) in [6.07, 6.45) is 4.88. The minimum absolute atomic E-state index is 0.0227. The van der Waals surface area contributed by atoms with Crippen molar-refractivity contribution in [1.29, 1.82) is 0 Å². The Morgan fingerprint density at radius 1 is 1.53 bits per heavy atom. The van der Waals surface area contributed by atoms with E-state index in [2.05, 4.69) is 15.7 Å². The molecule has 6 heteroatoms. The number of carbonyl (C=O) groups excluding carboxylic acids is 1. The summed E-state index contributed by atoms with van der Waals surface area (Å²) in [7, 11) is 0. The zero-order valence-electron chi connectivity index (χ0n) is 11.0. The normalized spacial score (nSPS) is 27.4. The van der Waals surface area contributed by atoms with Crippen molar-refractivity contribution in [1.82, 2.24) is 15.1 Å². The van der Waals surface area contributed by atoms with E-state index in [9.17, 15) is 4.79 Å². The molecule has 1 aromatic rings. The number of aromatic nitrogens is 2. The number of nitrogens with one attached hydrogen (secondary N) is 2. The van der Waals surface area contributed by atoms with Gasteiger partial charge in [-0.2, -0.15) is 5.10 Å². The van der Waals surface area contributed by atoms with Crippen LogP contribution in [0.2, 0.25) is 0 Å². The topological polar surface area (TPSA) is 68.2 Å². The summed E-state index contributed by atoms with van der Waals surface area (Å²) in [5.74, 6) is 0.629. The van der Waals surface area contributed by atoms with Gasteiger partial charge in [0.25, 0.3) is 0 Å². The Hall–Kier alpha value is -1.40. The molecule has 0 aromatic carbocycles. The SMILES string of the molecule is O=C(Nc1ccn([C@@H]2CCNC2)n1)[C@@H]1CCCOC1. The van der Waals surface area contributed by atoms with Crippen LogP contribution in [0.15, 0.2) is 12.3 Å². The van der Waals surface area contributed by atoms with E-state index in [0.29, 0.717) is 18.5 Å². The second-order valence-corrected chi connectivity index (χ2v) is 5.23. The predicted octanol–water partition coefficient (Wildman–Crippen LogP) is 0.783. The molecule has 19 heavy (non-hydrogen) atoms. The number of carbonyl (C=O) groups is 1. The van der Waals surface area contributed by atoms with E-state index >= 15 is 0 Å². The number of hydrogen-bond acceptors (Lipinski definition) is 4. The summed E-state index contributed by atoms with van der Waals surface area (Å²) in [4.78, 5) is 12.0. The maximum Gasteiger partial charge on any atom is 0.231 e. The summed E-state index contributed by atoms with van der Waals surface area (Å²) in [6.45, 7) is 3.28. The van der Waals surface area contributed by atoms with Crippen molar-refractivity contribution in [2.45, 2.75) is 25.3 Å². The predicted molar refractivity (Wildman–Crippen MR) is 70.9 cm³/mol. The van der Waals surface area contributed by atoms with Crippen molar-refractivity contribution in [2.24, 2.45) is 5.92 Å². The number of ether oxygens (including phenoxy) is 1. The third kappa shape index (κ3) is 2.96. The number of hydrogen-bond donors (Lipinski definition) is 2. The highest BCUT2D eigenvalue weighted by Gasteiger charge is 2.23. The standard InChI is InChI=1S/C13H20N4O2/c18-13(10-2-1-7-19-9-10)15-12-4-6-17(16-12)11-3-5-14-8-11/h4,6,10-11,14H,1-3,5,7-9H2,(H,15,16,18)/t10-,11-/m1/s1. The molecular weight excluding hydrogens is 244 g/mol. The largest absolute Gasteiger partial charge is 0.381 e.